The van der Waals surface area contributed by atoms with Gasteiger partial charge in [-0.3, -0.25) is 9.48 Å². The Hall–Kier alpha value is -2.69. The molecule has 1 atom stereocenters. The molecule has 2 aromatic heterocycles. The van der Waals surface area contributed by atoms with E-state index in [-0.39, 0.29) is 11.9 Å². The molecule has 1 aromatic carbocycles. The lowest BCUT2D eigenvalue weighted by molar-refractivity contribution is 0.0941. The molecule has 3 rings (SSSR count). The van der Waals surface area contributed by atoms with Crippen LogP contribution in [0.3, 0.4) is 0 Å². The molecule has 3 aromatic rings. The van der Waals surface area contributed by atoms with E-state index in [0.29, 0.717) is 5.56 Å². The van der Waals surface area contributed by atoms with Crippen LogP contribution in [0.2, 0.25) is 0 Å². The largest absolute Gasteiger partial charge is 0.345 e. The smallest absolute Gasteiger partial charge is 0.252 e. The molecule has 0 bridgehead atoms. The third kappa shape index (κ3) is 2.89. The summed E-state index contributed by atoms with van der Waals surface area (Å²) >= 11 is 0. The average molecular weight is 322 g/mol. The Labute approximate surface area is 141 Å². The average Bonchev–Trinajstić information content (AvgIpc) is 2.87. The monoisotopic (exact) mass is 322 g/mol. The Bertz CT molecular complexity index is 927. The minimum atomic E-state index is -0.106. The summed E-state index contributed by atoms with van der Waals surface area (Å²) in [5, 5.41) is 8.08. The van der Waals surface area contributed by atoms with E-state index in [0.717, 1.165) is 22.3 Å². The molecule has 1 amide bonds. The third-order valence-corrected chi connectivity index (χ3v) is 4.32. The number of aryl methyl sites for hydroxylation is 4. The molecule has 2 heterocycles. The van der Waals surface area contributed by atoms with Gasteiger partial charge < -0.3 is 5.32 Å². The van der Waals surface area contributed by atoms with Crippen LogP contribution < -0.4 is 5.32 Å². The lowest BCUT2D eigenvalue weighted by Gasteiger charge is -2.17. The molecule has 0 unspecified atom stereocenters. The lowest BCUT2D eigenvalue weighted by atomic mass is 10.00. The molecule has 0 radical (unpaired) electrons. The zero-order valence-corrected chi connectivity index (χ0v) is 14.7. The quantitative estimate of drug-likeness (QED) is 0.804. The molecule has 0 fully saturated rings. The Morgan fingerprint density at radius 1 is 1.21 bits per heavy atom. The van der Waals surface area contributed by atoms with E-state index in [4.69, 9.17) is 0 Å². The highest BCUT2D eigenvalue weighted by Crippen LogP contribution is 2.21. The van der Waals surface area contributed by atoms with Gasteiger partial charge in [0, 0.05) is 12.7 Å². The van der Waals surface area contributed by atoms with Crippen LogP contribution in [0.15, 0.2) is 30.5 Å². The minimum Gasteiger partial charge on any atom is -0.345 e. The topological polar surface area (TPSA) is 59.8 Å². The number of carbonyl (C=O) groups is 1. The lowest BCUT2D eigenvalue weighted by Crippen LogP contribution is -2.27. The van der Waals surface area contributed by atoms with Gasteiger partial charge in [-0.15, -0.1) is 0 Å². The van der Waals surface area contributed by atoms with Crippen molar-refractivity contribution in [3.05, 3.63) is 58.4 Å². The van der Waals surface area contributed by atoms with Crippen molar-refractivity contribution in [3.63, 3.8) is 0 Å². The van der Waals surface area contributed by atoms with Gasteiger partial charge in [-0.05, 0) is 44.9 Å². The summed E-state index contributed by atoms with van der Waals surface area (Å²) in [6.45, 7) is 8.03. The van der Waals surface area contributed by atoms with Gasteiger partial charge in [0.25, 0.3) is 5.91 Å². The van der Waals surface area contributed by atoms with Gasteiger partial charge in [-0.1, -0.05) is 23.8 Å². The van der Waals surface area contributed by atoms with E-state index in [9.17, 15) is 4.79 Å². The molecular formula is C19H22N4O. The van der Waals surface area contributed by atoms with Crippen LogP contribution in [0.1, 0.15) is 45.7 Å². The first-order valence-electron chi connectivity index (χ1n) is 8.04. The fourth-order valence-electron chi connectivity index (χ4n) is 3.09. The summed E-state index contributed by atoms with van der Waals surface area (Å²) in [4.78, 5) is 17.3. The maximum absolute atomic E-state index is 12.8. The molecule has 5 heteroatoms. The second-order valence-electron chi connectivity index (χ2n) is 6.37. The summed E-state index contributed by atoms with van der Waals surface area (Å²) in [6, 6.07) is 8.02. The number of nitrogens with one attached hydrogen (secondary N) is 1. The number of pyridine rings is 1. The summed E-state index contributed by atoms with van der Waals surface area (Å²) in [5.41, 5.74) is 5.66. The molecule has 1 N–H and O–H groups in total. The fraction of sp³-hybridized carbons (Fsp3) is 0.316. The highest BCUT2D eigenvalue weighted by Gasteiger charge is 2.18. The fourth-order valence-corrected chi connectivity index (χ4v) is 3.09. The highest BCUT2D eigenvalue weighted by atomic mass is 16.1. The van der Waals surface area contributed by atoms with E-state index in [1.807, 2.05) is 27.0 Å². The van der Waals surface area contributed by atoms with Crippen molar-refractivity contribution in [3.8, 4) is 0 Å². The maximum atomic E-state index is 12.8. The van der Waals surface area contributed by atoms with Gasteiger partial charge in [0.1, 0.15) is 0 Å². The van der Waals surface area contributed by atoms with Crippen molar-refractivity contribution in [1.29, 1.82) is 0 Å². The highest BCUT2D eigenvalue weighted by molar-refractivity contribution is 6.05. The number of fused-ring (bicyclic) bond motifs is 1. The third-order valence-electron chi connectivity index (χ3n) is 4.32. The standard InChI is InChI=1S/C19H22N4O/c1-11-6-7-15(12(2)8-11)14(4)22-19(24)16-9-13(3)21-18-17(16)10-20-23(18)5/h6-10,14H,1-5H3,(H,22,24)/t14-/m0/s1. The van der Waals surface area contributed by atoms with Gasteiger partial charge in [0.05, 0.1) is 23.2 Å². The van der Waals surface area contributed by atoms with Gasteiger partial charge in [-0.2, -0.15) is 5.10 Å². The number of hydrogen-bond acceptors (Lipinski definition) is 3. The molecule has 24 heavy (non-hydrogen) atoms. The summed E-state index contributed by atoms with van der Waals surface area (Å²) < 4.78 is 1.69. The summed E-state index contributed by atoms with van der Waals surface area (Å²) in [6.07, 6.45) is 1.69. The minimum absolute atomic E-state index is 0.0710. The first kappa shape index (κ1) is 16.2. The van der Waals surface area contributed by atoms with E-state index in [1.54, 1.807) is 10.9 Å². The van der Waals surface area contributed by atoms with Crippen molar-refractivity contribution in [2.45, 2.75) is 33.7 Å². The number of nitrogens with zero attached hydrogens (tertiary/aromatic N) is 3. The Kier molecular flexibility index (Phi) is 4.09. The van der Waals surface area contributed by atoms with Crippen molar-refractivity contribution in [2.24, 2.45) is 7.05 Å². The molecule has 0 aliphatic rings. The normalized spacial score (nSPS) is 12.4. The molecule has 0 saturated carbocycles. The van der Waals surface area contributed by atoms with E-state index in [1.165, 1.54) is 11.1 Å². The molecular weight excluding hydrogens is 300 g/mol. The summed E-state index contributed by atoms with van der Waals surface area (Å²) in [7, 11) is 1.83. The van der Waals surface area contributed by atoms with Crippen LogP contribution in [0.5, 0.6) is 0 Å². The Morgan fingerprint density at radius 2 is 1.96 bits per heavy atom. The zero-order chi connectivity index (χ0) is 17.4. The van der Waals surface area contributed by atoms with Crippen LogP contribution >= 0.6 is 0 Å². The van der Waals surface area contributed by atoms with Crippen LogP contribution in [-0.4, -0.2) is 20.7 Å². The van der Waals surface area contributed by atoms with Gasteiger partial charge in [-0.25, -0.2) is 4.98 Å². The van der Waals surface area contributed by atoms with Crippen molar-refractivity contribution < 1.29 is 4.79 Å². The van der Waals surface area contributed by atoms with E-state index in [2.05, 4.69) is 47.4 Å². The SMILES string of the molecule is Cc1ccc([C@H](C)NC(=O)c2cc(C)nc3c2cnn3C)c(C)c1. The predicted molar refractivity (Wildman–Crippen MR) is 95.0 cm³/mol. The van der Waals surface area contributed by atoms with Gasteiger partial charge in [0.15, 0.2) is 5.65 Å². The van der Waals surface area contributed by atoms with Crippen LogP contribution in [0.25, 0.3) is 11.0 Å². The van der Waals surface area contributed by atoms with E-state index >= 15 is 0 Å². The number of hydrogen-bond donors (Lipinski definition) is 1. The second-order valence-corrected chi connectivity index (χ2v) is 6.37. The van der Waals surface area contributed by atoms with Gasteiger partial charge >= 0.3 is 0 Å². The van der Waals surface area contributed by atoms with Crippen LogP contribution in [0, 0.1) is 20.8 Å². The molecule has 0 spiro atoms. The molecule has 0 aliphatic carbocycles. The first-order chi connectivity index (χ1) is 11.4. The molecule has 0 aliphatic heterocycles. The second kappa shape index (κ2) is 6.07. The van der Waals surface area contributed by atoms with Crippen LogP contribution in [0.4, 0.5) is 0 Å². The number of aromatic nitrogens is 3. The van der Waals surface area contributed by atoms with Crippen molar-refractivity contribution >= 4 is 16.9 Å². The molecule has 0 saturated heterocycles. The number of amides is 1. The Balaban J connectivity index is 1.92. The first-order valence-corrected chi connectivity index (χ1v) is 8.04. The number of benzene rings is 1. The predicted octanol–water partition coefficient (Wildman–Crippen LogP) is 3.38. The zero-order valence-electron chi connectivity index (χ0n) is 14.7. The Morgan fingerprint density at radius 3 is 2.67 bits per heavy atom. The number of carbonyl (C=O) groups excluding carboxylic acids is 1. The molecule has 124 valence electrons. The molecule has 5 nitrogen and oxygen atoms in total. The summed E-state index contributed by atoms with van der Waals surface area (Å²) in [5.74, 6) is -0.106. The van der Waals surface area contributed by atoms with Crippen molar-refractivity contribution in [1.82, 2.24) is 20.1 Å². The van der Waals surface area contributed by atoms with Crippen molar-refractivity contribution in [2.75, 3.05) is 0 Å². The van der Waals surface area contributed by atoms with Gasteiger partial charge in [0.2, 0.25) is 0 Å². The van der Waals surface area contributed by atoms with Crippen LogP contribution in [-0.2, 0) is 7.05 Å². The van der Waals surface area contributed by atoms with E-state index < -0.39 is 0 Å². The maximum Gasteiger partial charge on any atom is 0.252 e. The number of rotatable bonds is 3.